The molecule has 0 aliphatic rings. The Morgan fingerprint density at radius 2 is 1.24 bits per heavy atom. The topological polar surface area (TPSA) is 31.6 Å². The van der Waals surface area contributed by atoms with E-state index in [1.54, 1.807) is 34.4 Å². The van der Waals surface area contributed by atoms with Crippen molar-refractivity contribution in [1.29, 1.82) is 0 Å². The standard InChI is InChI=1S/C14H8N2S5/c17-13-15-11-7(3-1-5-9(11)20-13)19-8-4-2-6-10-12(8)16-14(18)21-10/h1-6H,(H,15,17)(H,16,18). The molecule has 2 nitrogen and oxygen atoms in total. The van der Waals surface area contributed by atoms with Gasteiger partial charge in [0, 0.05) is 9.79 Å². The third kappa shape index (κ3) is 2.49. The fourth-order valence-electron chi connectivity index (χ4n) is 2.18. The molecule has 7 heteroatoms. The van der Waals surface area contributed by atoms with Gasteiger partial charge in [0.25, 0.3) is 0 Å². The minimum atomic E-state index is 0.811. The molecular formula is C14H8N2S5. The SMILES string of the molecule is S=c1[nH]c2c(Sc3cccc4sc(=S)[nH]c34)cccc2s1. The molecule has 104 valence electrons. The quantitative estimate of drug-likeness (QED) is 0.405. The average Bonchev–Trinajstić information content (AvgIpc) is 3.01. The van der Waals surface area contributed by atoms with Gasteiger partial charge in [0.15, 0.2) is 7.91 Å². The highest BCUT2D eigenvalue weighted by molar-refractivity contribution is 7.99. The van der Waals surface area contributed by atoms with Crippen molar-refractivity contribution in [3.8, 4) is 0 Å². The summed E-state index contributed by atoms with van der Waals surface area (Å²) in [6.45, 7) is 0. The summed E-state index contributed by atoms with van der Waals surface area (Å²) in [6, 6.07) is 12.6. The van der Waals surface area contributed by atoms with Crippen LogP contribution in [0.1, 0.15) is 0 Å². The zero-order valence-electron chi connectivity index (χ0n) is 10.5. The number of hydrogen-bond donors (Lipinski definition) is 2. The molecule has 21 heavy (non-hydrogen) atoms. The second-order valence-corrected chi connectivity index (χ2v) is 8.91. The molecule has 2 aromatic carbocycles. The largest absolute Gasteiger partial charge is 0.336 e. The van der Waals surface area contributed by atoms with Crippen molar-refractivity contribution in [2.45, 2.75) is 9.79 Å². The first-order valence-electron chi connectivity index (χ1n) is 6.12. The Kier molecular flexibility index (Phi) is 3.47. The molecule has 0 aliphatic carbocycles. The number of nitrogens with one attached hydrogen (secondary N) is 2. The van der Waals surface area contributed by atoms with Gasteiger partial charge in [-0.15, -0.1) is 22.7 Å². The fraction of sp³-hybridized carbons (Fsp3) is 0. The maximum absolute atomic E-state index is 5.25. The van der Waals surface area contributed by atoms with Crippen LogP contribution < -0.4 is 0 Å². The summed E-state index contributed by atoms with van der Waals surface area (Å²) >= 11 is 15.5. The van der Waals surface area contributed by atoms with Crippen molar-refractivity contribution in [3.63, 3.8) is 0 Å². The van der Waals surface area contributed by atoms with E-state index in [1.807, 2.05) is 0 Å². The lowest BCUT2D eigenvalue weighted by molar-refractivity contribution is 1.37. The number of thiazole rings is 2. The first-order valence-corrected chi connectivity index (χ1v) is 9.39. The molecule has 0 spiro atoms. The molecule has 0 saturated heterocycles. The van der Waals surface area contributed by atoms with Crippen LogP contribution in [-0.4, -0.2) is 9.97 Å². The molecule has 0 radical (unpaired) electrons. The highest BCUT2D eigenvalue weighted by Crippen LogP contribution is 2.38. The molecule has 0 atom stereocenters. The molecule has 0 aliphatic heterocycles. The summed E-state index contributed by atoms with van der Waals surface area (Å²) in [4.78, 5) is 8.93. The van der Waals surface area contributed by atoms with Gasteiger partial charge in [-0.25, -0.2) is 0 Å². The highest BCUT2D eigenvalue weighted by atomic mass is 32.2. The maximum Gasteiger partial charge on any atom is 0.159 e. The molecule has 2 aromatic heterocycles. The number of fused-ring (bicyclic) bond motifs is 2. The Hall–Kier alpha value is -0.990. The van der Waals surface area contributed by atoms with E-state index in [2.05, 4.69) is 46.4 Å². The van der Waals surface area contributed by atoms with E-state index in [-0.39, 0.29) is 0 Å². The lowest BCUT2D eigenvalue weighted by Gasteiger charge is -2.04. The molecular weight excluding hydrogens is 357 g/mol. The number of H-pyrrole nitrogens is 2. The second kappa shape index (κ2) is 5.33. The zero-order chi connectivity index (χ0) is 14.4. The summed E-state index contributed by atoms with van der Waals surface area (Å²) in [5.74, 6) is 0. The van der Waals surface area contributed by atoms with Gasteiger partial charge in [-0.05, 0) is 48.7 Å². The first-order chi connectivity index (χ1) is 10.2. The molecule has 0 fully saturated rings. The molecule has 0 amide bonds. The van der Waals surface area contributed by atoms with Crippen LogP contribution in [-0.2, 0) is 0 Å². The number of hydrogen-bond acceptors (Lipinski definition) is 5. The second-order valence-electron chi connectivity index (χ2n) is 4.39. The van der Waals surface area contributed by atoms with Crippen molar-refractivity contribution in [1.82, 2.24) is 9.97 Å². The Labute approximate surface area is 142 Å². The van der Waals surface area contributed by atoms with Gasteiger partial charge >= 0.3 is 0 Å². The average molecular weight is 365 g/mol. The van der Waals surface area contributed by atoms with Crippen molar-refractivity contribution >= 4 is 79.3 Å². The lowest BCUT2D eigenvalue weighted by Crippen LogP contribution is -1.79. The maximum atomic E-state index is 5.25. The van der Waals surface area contributed by atoms with E-state index in [4.69, 9.17) is 24.4 Å². The molecule has 0 saturated carbocycles. The van der Waals surface area contributed by atoms with Crippen molar-refractivity contribution in [2.75, 3.05) is 0 Å². The summed E-state index contributed by atoms with van der Waals surface area (Å²) in [7, 11) is 0. The lowest BCUT2D eigenvalue weighted by atomic mass is 10.3. The van der Waals surface area contributed by atoms with Crippen LogP contribution in [0.15, 0.2) is 46.2 Å². The van der Waals surface area contributed by atoms with E-state index >= 15 is 0 Å². The van der Waals surface area contributed by atoms with Crippen LogP contribution in [0.4, 0.5) is 0 Å². The Morgan fingerprint density at radius 3 is 1.71 bits per heavy atom. The summed E-state index contributed by atoms with van der Waals surface area (Å²) in [6.07, 6.45) is 0. The Bertz CT molecular complexity index is 980. The minimum Gasteiger partial charge on any atom is -0.336 e. The van der Waals surface area contributed by atoms with E-state index < -0.39 is 0 Å². The summed E-state index contributed by atoms with van der Waals surface area (Å²) in [5, 5.41) is 0. The third-order valence-electron chi connectivity index (χ3n) is 3.06. The smallest absolute Gasteiger partial charge is 0.159 e. The number of rotatable bonds is 2. The first kappa shape index (κ1) is 13.7. The van der Waals surface area contributed by atoms with Crippen LogP contribution in [0.2, 0.25) is 0 Å². The number of aromatic amines is 2. The van der Waals surface area contributed by atoms with E-state index in [1.165, 1.54) is 19.2 Å². The highest BCUT2D eigenvalue weighted by Gasteiger charge is 2.09. The van der Waals surface area contributed by atoms with Crippen molar-refractivity contribution < 1.29 is 0 Å². The molecule has 2 N–H and O–H groups in total. The molecule has 0 unspecified atom stereocenters. The zero-order valence-corrected chi connectivity index (χ0v) is 14.6. The fourth-order valence-corrected chi connectivity index (χ4v) is 5.64. The predicted octanol–water partition coefficient (Wildman–Crippen LogP) is 6.38. The van der Waals surface area contributed by atoms with E-state index in [0.717, 1.165) is 18.9 Å². The predicted molar refractivity (Wildman–Crippen MR) is 98.1 cm³/mol. The Morgan fingerprint density at radius 1 is 0.762 bits per heavy atom. The number of aromatic nitrogens is 2. The van der Waals surface area contributed by atoms with Gasteiger partial charge in [0.2, 0.25) is 0 Å². The third-order valence-corrected chi connectivity index (χ3v) is 6.57. The van der Waals surface area contributed by atoms with Gasteiger partial charge in [-0.3, -0.25) is 0 Å². The molecule has 2 heterocycles. The number of benzene rings is 2. The van der Waals surface area contributed by atoms with Crippen LogP contribution in [0.3, 0.4) is 0 Å². The van der Waals surface area contributed by atoms with Crippen LogP contribution in [0, 0.1) is 7.91 Å². The van der Waals surface area contributed by atoms with E-state index in [9.17, 15) is 0 Å². The number of para-hydroxylation sites is 2. The van der Waals surface area contributed by atoms with E-state index in [0.29, 0.717) is 0 Å². The normalized spacial score (nSPS) is 11.4. The van der Waals surface area contributed by atoms with Gasteiger partial charge in [0.05, 0.1) is 20.4 Å². The van der Waals surface area contributed by atoms with Crippen molar-refractivity contribution in [2.24, 2.45) is 0 Å². The molecule has 4 aromatic rings. The van der Waals surface area contributed by atoms with Crippen LogP contribution in [0.25, 0.3) is 20.4 Å². The summed E-state index contributed by atoms with van der Waals surface area (Å²) in [5.41, 5.74) is 2.23. The van der Waals surface area contributed by atoms with Gasteiger partial charge in [-0.2, -0.15) is 0 Å². The van der Waals surface area contributed by atoms with Crippen LogP contribution in [0.5, 0.6) is 0 Å². The van der Waals surface area contributed by atoms with Gasteiger partial charge in [-0.1, -0.05) is 23.9 Å². The van der Waals surface area contributed by atoms with Gasteiger partial charge in [0.1, 0.15) is 0 Å². The van der Waals surface area contributed by atoms with Crippen molar-refractivity contribution in [3.05, 3.63) is 44.3 Å². The minimum absolute atomic E-state index is 0.811. The molecule has 4 rings (SSSR count). The van der Waals surface area contributed by atoms with Gasteiger partial charge < -0.3 is 9.97 Å². The monoisotopic (exact) mass is 364 g/mol. The summed E-state index contributed by atoms with van der Waals surface area (Å²) < 4.78 is 4.00. The Balaban J connectivity index is 1.90. The molecule has 0 bridgehead atoms. The van der Waals surface area contributed by atoms with Crippen LogP contribution >= 0.6 is 58.9 Å².